The van der Waals surface area contributed by atoms with Gasteiger partial charge in [0.15, 0.2) is 0 Å². The van der Waals surface area contributed by atoms with Crippen molar-refractivity contribution < 1.29 is 24.0 Å². The Labute approximate surface area is 335 Å². The average Bonchev–Trinajstić information content (AvgIpc) is 3.75. The first-order chi connectivity index (χ1) is 27.0. The lowest BCUT2D eigenvalue weighted by Crippen LogP contribution is -2.45. The molecule has 0 saturated heterocycles. The van der Waals surface area contributed by atoms with Crippen LogP contribution in [0.25, 0.3) is 0 Å². The highest BCUT2D eigenvalue weighted by Crippen LogP contribution is 2.21. The summed E-state index contributed by atoms with van der Waals surface area (Å²) < 4.78 is 0. The molecule has 4 aromatic rings. The molecule has 0 aliphatic carbocycles. The fourth-order valence-electron chi connectivity index (χ4n) is 5.26. The van der Waals surface area contributed by atoms with Crippen LogP contribution in [0.4, 0.5) is 11.4 Å². The lowest BCUT2D eigenvalue weighted by Gasteiger charge is -2.23. The molecule has 14 nitrogen and oxygen atoms in total. The smallest absolute Gasteiger partial charge is 0.251 e. The van der Waals surface area contributed by atoms with E-state index in [1.807, 2.05) is 102 Å². The van der Waals surface area contributed by atoms with E-state index in [0.717, 1.165) is 54.1 Å². The zero-order valence-electron chi connectivity index (χ0n) is 33.6. The summed E-state index contributed by atoms with van der Waals surface area (Å²) in [5.74, 6) is -0.466. The highest BCUT2D eigenvalue weighted by atomic mass is 32.1. The summed E-state index contributed by atoms with van der Waals surface area (Å²) in [7, 11) is 5.78. The van der Waals surface area contributed by atoms with Gasteiger partial charge >= 0.3 is 0 Å². The van der Waals surface area contributed by atoms with Crippen LogP contribution < -0.4 is 36.8 Å². The number of aromatic nitrogens is 2. The van der Waals surface area contributed by atoms with Gasteiger partial charge in [0.05, 0.1) is 23.3 Å². The largest absolute Gasteiger partial charge is 0.388 e. The Balaban J connectivity index is 0.000000770. The van der Waals surface area contributed by atoms with E-state index < -0.39 is 0 Å². The molecule has 2 aromatic carbocycles. The van der Waals surface area contributed by atoms with Crippen molar-refractivity contribution >= 4 is 54.5 Å². The Kier molecular flexibility index (Phi) is 24.2. The van der Waals surface area contributed by atoms with Crippen LogP contribution in [0, 0.1) is 0 Å². The van der Waals surface area contributed by atoms with Crippen LogP contribution in [0.15, 0.2) is 77.9 Å². The number of benzene rings is 2. The molecular weight excluding hydrogens is 731 g/mol. The van der Waals surface area contributed by atoms with E-state index in [0.29, 0.717) is 24.1 Å². The molecule has 56 heavy (non-hydrogen) atoms. The minimum atomic E-state index is -0.244. The van der Waals surface area contributed by atoms with Gasteiger partial charge in [-0.3, -0.25) is 19.4 Å². The molecule has 0 aliphatic rings. The number of nitrogens with zero attached hydrogens (tertiary/aromatic N) is 3. The summed E-state index contributed by atoms with van der Waals surface area (Å²) in [5, 5.41) is 20.5. The predicted octanol–water partition coefficient (Wildman–Crippen LogP) is 4.58. The lowest BCUT2D eigenvalue weighted by atomic mass is 10.0. The number of hydrogen-bond donors (Lipinski definition) is 6. The quantitative estimate of drug-likeness (QED) is 0.0577. The van der Waals surface area contributed by atoms with Crippen LogP contribution in [0.1, 0.15) is 83.7 Å². The predicted molar refractivity (Wildman–Crippen MR) is 226 cm³/mol. The van der Waals surface area contributed by atoms with Crippen molar-refractivity contribution in [3.8, 4) is 0 Å². The lowest BCUT2D eigenvalue weighted by molar-refractivity contribution is -0.110. The van der Waals surface area contributed by atoms with E-state index in [1.165, 1.54) is 0 Å². The number of anilines is 2. The molecule has 2 aromatic heterocycles. The molecule has 15 heteroatoms. The van der Waals surface area contributed by atoms with Gasteiger partial charge in [0.2, 0.25) is 6.41 Å². The molecule has 304 valence electrons. The number of carbonyl (C=O) groups excluding carboxylic acids is 5. The second-order valence-electron chi connectivity index (χ2n) is 12.9. The summed E-state index contributed by atoms with van der Waals surface area (Å²) in [4.78, 5) is 63.7. The normalized spacial score (nSPS) is 11.7. The first kappa shape index (κ1) is 48.5. The SMILES string of the molecule is C=O.C=O.CNCCCN(C)c1cc(C(=O)NC(C)c2cccnc2)cc(C(=O)N[C@H](CNC(C)C)Cc2cscn2)c1.CNc1ccc([C@@H](C)NC=O)cc1. The Morgan fingerprint density at radius 2 is 1.55 bits per heavy atom. The Bertz CT molecular complexity index is 1680. The molecule has 0 fully saturated rings. The van der Waals surface area contributed by atoms with Gasteiger partial charge in [0.25, 0.3) is 11.8 Å². The number of hydrogen-bond acceptors (Lipinski definition) is 12. The molecule has 1 unspecified atom stereocenters. The van der Waals surface area contributed by atoms with Gasteiger partial charge in [-0.15, -0.1) is 11.3 Å². The Morgan fingerprint density at radius 3 is 2.09 bits per heavy atom. The molecule has 3 amide bonds. The highest BCUT2D eigenvalue weighted by Gasteiger charge is 2.20. The molecular formula is C41H59N9O5S. The molecule has 4 rings (SSSR count). The third kappa shape index (κ3) is 17.8. The topological polar surface area (TPSA) is 187 Å². The van der Waals surface area contributed by atoms with E-state index in [1.54, 1.807) is 35.3 Å². The average molecular weight is 790 g/mol. The van der Waals surface area contributed by atoms with Gasteiger partial charge in [0, 0.05) is 86.0 Å². The van der Waals surface area contributed by atoms with Gasteiger partial charge in [-0.05, 0) is 81.4 Å². The standard InChI is InChI=1S/C29H41N7O2S.C10H14N2O.2CH2O/c1-20(2)32-17-25(15-26-18-39-19-33-26)35-29(38)24-12-23(13-27(14-24)36(5)11-7-9-30-4)28(37)34-21(3)22-8-6-10-31-16-22;1-8(12-7-13)9-3-5-10(11-2)6-4-9;2*1-2/h6,8,10,12-14,16,18-21,25,30,32H,7,9,11,15,17H2,1-5H3,(H,34,37)(H,35,38);3-8,11H,1-2H3,(H,12,13);2*1H2/t21?,25-;8-;;/m01../s1. The van der Waals surface area contributed by atoms with E-state index in [-0.39, 0.29) is 36.0 Å². The Morgan fingerprint density at radius 1 is 0.893 bits per heavy atom. The van der Waals surface area contributed by atoms with Crippen molar-refractivity contribution in [3.63, 3.8) is 0 Å². The summed E-state index contributed by atoms with van der Waals surface area (Å²) in [6.45, 7) is 14.3. The van der Waals surface area contributed by atoms with E-state index in [2.05, 4.69) is 60.6 Å². The number of pyridine rings is 1. The molecule has 0 saturated carbocycles. The van der Waals surface area contributed by atoms with Crippen LogP contribution in [0.2, 0.25) is 0 Å². The third-order valence-electron chi connectivity index (χ3n) is 8.40. The number of nitrogens with one attached hydrogen (secondary N) is 6. The van der Waals surface area contributed by atoms with Crippen molar-refractivity contribution in [1.82, 2.24) is 36.6 Å². The fourth-order valence-corrected chi connectivity index (χ4v) is 5.83. The molecule has 2 heterocycles. The molecule has 3 atom stereocenters. The van der Waals surface area contributed by atoms with Crippen LogP contribution in [-0.4, -0.2) is 94.6 Å². The summed E-state index contributed by atoms with van der Waals surface area (Å²) in [5.41, 5.74) is 7.52. The van der Waals surface area contributed by atoms with Gasteiger partial charge in [-0.25, -0.2) is 4.98 Å². The molecule has 0 spiro atoms. The Hall–Kier alpha value is -5.51. The second-order valence-corrected chi connectivity index (χ2v) is 13.6. The van der Waals surface area contributed by atoms with Gasteiger partial charge in [-0.2, -0.15) is 0 Å². The third-order valence-corrected chi connectivity index (χ3v) is 9.03. The number of carbonyl (C=O) groups is 5. The summed E-state index contributed by atoms with van der Waals surface area (Å²) in [6.07, 6.45) is 5.71. The number of amides is 3. The van der Waals surface area contributed by atoms with Crippen LogP contribution in [0.3, 0.4) is 0 Å². The van der Waals surface area contributed by atoms with Crippen molar-refractivity contribution in [3.05, 3.63) is 106 Å². The maximum atomic E-state index is 13.6. The maximum Gasteiger partial charge on any atom is 0.251 e. The van der Waals surface area contributed by atoms with E-state index >= 15 is 0 Å². The minimum Gasteiger partial charge on any atom is -0.388 e. The van der Waals surface area contributed by atoms with E-state index in [9.17, 15) is 14.4 Å². The van der Waals surface area contributed by atoms with Crippen molar-refractivity contribution in [1.29, 1.82) is 0 Å². The molecule has 6 N–H and O–H groups in total. The first-order valence-corrected chi connectivity index (χ1v) is 19.2. The van der Waals surface area contributed by atoms with E-state index in [4.69, 9.17) is 9.59 Å². The summed E-state index contributed by atoms with van der Waals surface area (Å²) >= 11 is 1.54. The van der Waals surface area contributed by atoms with Crippen molar-refractivity contribution in [2.75, 3.05) is 51.0 Å². The maximum absolute atomic E-state index is 13.6. The number of thiazole rings is 1. The molecule has 0 bridgehead atoms. The summed E-state index contributed by atoms with van der Waals surface area (Å²) in [6, 6.07) is 17.1. The zero-order chi connectivity index (χ0) is 41.9. The van der Waals surface area contributed by atoms with Crippen LogP contribution in [0.5, 0.6) is 0 Å². The van der Waals surface area contributed by atoms with Crippen molar-refractivity contribution in [2.45, 2.75) is 64.7 Å². The van der Waals surface area contributed by atoms with Gasteiger partial charge in [0.1, 0.15) is 13.6 Å². The second kappa shape index (κ2) is 28.0. The van der Waals surface area contributed by atoms with Crippen molar-refractivity contribution in [2.24, 2.45) is 0 Å². The van der Waals surface area contributed by atoms with Crippen LogP contribution in [-0.2, 0) is 20.8 Å². The van der Waals surface area contributed by atoms with Gasteiger partial charge < -0.3 is 46.4 Å². The van der Waals surface area contributed by atoms with Gasteiger partial charge in [-0.1, -0.05) is 32.0 Å². The monoisotopic (exact) mass is 789 g/mol. The highest BCUT2D eigenvalue weighted by molar-refractivity contribution is 7.07. The number of rotatable bonds is 19. The zero-order valence-corrected chi connectivity index (χ0v) is 34.4. The van der Waals surface area contributed by atoms with Crippen LogP contribution >= 0.6 is 11.3 Å². The molecule has 0 aliphatic heterocycles. The first-order valence-electron chi connectivity index (χ1n) is 18.2. The molecule has 0 radical (unpaired) electrons. The fraction of sp³-hybridized carbons (Fsp3) is 0.390. The minimum absolute atomic E-state index is 0.0726.